The number of hydrogen-bond acceptors (Lipinski definition) is 3. The van der Waals surface area contributed by atoms with Crippen LogP contribution in [0.4, 0.5) is 5.82 Å². The van der Waals surface area contributed by atoms with Crippen LogP contribution in [0.5, 0.6) is 0 Å². The standard InChI is InChI=1S/C14H20N4/c1-2-11-3-5-12(6-4-11)16-13-8-10-18-14(17-13)7-9-15-18/h7-12H,2-6H2,1H3,(H,16,17). The van der Waals surface area contributed by atoms with Gasteiger partial charge in [0.15, 0.2) is 5.65 Å². The molecule has 0 unspecified atom stereocenters. The molecule has 0 bridgehead atoms. The van der Waals surface area contributed by atoms with Crippen molar-refractivity contribution in [1.82, 2.24) is 14.6 Å². The van der Waals surface area contributed by atoms with Gasteiger partial charge < -0.3 is 5.32 Å². The molecule has 96 valence electrons. The van der Waals surface area contributed by atoms with Crippen LogP contribution in [0, 0.1) is 5.92 Å². The molecule has 0 saturated heterocycles. The fourth-order valence-corrected chi connectivity index (χ4v) is 2.82. The van der Waals surface area contributed by atoms with Crippen LogP contribution in [0.15, 0.2) is 24.5 Å². The van der Waals surface area contributed by atoms with Crippen LogP contribution < -0.4 is 5.32 Å². The highest BCUT2D eigenvalue weighted by Crippen LogP contribution is 2.28. The van der Waals surface area contributed by atoms with E-state index in [9.17, 15) is 0 Å². The Morgan fingerprint density at radius 3 is 2.89 bits per heavy atom. The predicted octanol–water partition coefficient (Wildman–Crippen LogP) is 3.11. The molecule has 0 aromatic carbocycles. The lowest BCUT2D eigenvalue weighted by molar-refractivity contribution is 0.330. The molecule has 4 nitrogen and oxygen atoms in total. The van der Waals surface area contributed by atoms with E-state index in [-0.39, 0.29) is 0 Å². The van der Waals surface area contributed by atoms with E-state index in [2.05, 4.69) is 22.3 Å². The maximum absolute atomic E-state index is 4.56. The van der Waals surface area contributed by atoms with Gasteiger partial charge in [0.1, 0.15) is 5.82 Å². The molecule has 0 aliphatic heterocycles. The van der Waals surface area contributed by atoms with Crippen LogP contribution in [0.3, 0.4) is 0 Å². The SMILES string of the molecule is CCC1CCC(Nc2ccn3nccc3n2)CC1. The number of nitrogens with one attached hydrogen (secondary N) is 1. The molecule has 1 saturated carbocycles. The van der Waals surface area contributed by atoms with E-state index >= 15 is 0 Å². The first kappa shape index (κ1) is 11.5. The van der Waals surface area contributed by atoms with Crippen molar-refractivity contribution in [2.75, 3.05) is 5.32 Å². The second-order valence-electron chi connectivity index (χ2n) is 5.22. The fraction of sp³-hybridized carbons (Fsp3) is 0.571. The highest BCUT2D eigenvalue weighted by molar-refractivity contribution is 5.45. The molecule has 2 aromatic heterocycles. The van der Waals surface area contributed by atoms with Gasteiger partial charge in [-0.3, -0.25) is 0 Å². The van der Waals surface area contributed by atoms with Crippen LogP contribution in [0.25, 0.3) is 5.65 Å². The molecule has 0 spiro atoms. The molecule has 0 radical (unpaired) electrons. The van der Waals surface area contributed by atoms with Crippen LogP contribution >= 0.6 is 0 Å². The molecule has 0 amide bonds. The second kappa shape index (κ2) is 4.96. The molecule has 0 atom stereocenters. The minimum Gasteiger partial charge on any atom is -0.367 e. The number of fused-ring (bicyclic) bond motifs is 1. The summed E-state index contributed by atoms with van der Waals surface area (Å²) < 4.78 is 1.79. The Labute approximate surface area is 107 Å². The summed E-state index contributed by atoms with van der Waals surface area (Å²) in [6, 6.07) is 4.52. The van der Waals surface area contributed by atoms with Gasteiger partial charge in [-0.05, 0) is 37.7 Å². The maximum atomic E-state index is 4.56. The Kier molecular flexibility index (Phi) is 3.17. The third-order valence-corrected chi connectivity index (χ3v) is 4.03. The monoisotopic (exact) mass is 244 g/mol. The van der Waals surface area contributed by atoms with Gasteiger partial charge in [0.05, 0.1) is 6.20 Å². The molecular weight excluding hydrogens is 224 g/mol. The summed E-state index contributed by atoms with van der Waals surface area (Å²) in [7, 11) is 0. The predicted molar refractivity (Wildman–Crippen MR) is 72.6 cm³/mol. The van der Waals surface area contributed by atoms with Gasteiger partial charge in [0.25, 0.3) is 0 Å². The summed E-state index contributed by atoms with van der Waals surface area (Å²) in [5, 5.41) is 7.71. The highest BCUT2D eigenvalue weighted by atomic mass is 15.2. The van der Waals surface area contributed by atoms with Gasteiger partial charge in [-0.25, -0.2) is 9.50 Å². The normalized spacial score (nSPS) is 24.3. The first-order valence-corrected chi connectivity index (χ1v) is 6.92. The Balaban J connectivity index is 1.65. The Bertz CT molecular complexity index is 511. The lowest BCUT2D eigenvalue weighted by Crippen LogP contribution is -2.26. The lowest BCUT2D eigenvalue weighted by atomic mass is 9.84. The summed E-state index contributed by atoms with van der Waals surface area (Å²) >= 11 is 0. The molecule has 2 aromatic rings. The molecule has 2 heterocycles. The van der Waals surface area contributed by atoms with Gasteiger partial charge in [-0.15, -0.1) is 0 Å². The van der Waals surface area contributed by atoms with E-state index in [1.807, 2.05) is 18.3 Å². The molecule has 1 aliphatic rings. The Morgan fingerprint density at radius 2 is 2.11 bits per heavy atom. The van der Waals surface area contributed by atoms with Crippen LogP contribution in [0.1, 0.15) is 39.0 Å². The van der Waals surface area contributed by atoms with E-state index < -0.39 is 0 Å². The van der Waals surface area contributed by atoms with Crippen molar-refractivity contribution in [3.63, 3.8) is 0 Å². The fourth-order valence-electron chi connectivity index (χ4n) is 2.82. The van der Waals surface area contributed by atoms with E-state index in [0.29, 0.717) is 6.04 Å². The first-order chi connectivity index (χ1) is 8.85. The third-order valence-electron chi connectivity index (χ3n) is 4.03. The summed E-state index contributed by atoms with van der Waals surface area (Å²) in [6.07, 6.45) is 10.3. The average molecular weight is 244 g/mol. The van der Waals surface area contributed by atoms with Crippen molar-refractivity contribution in [1.29, 1.82) is 0 Å². The molecule has 1 N–H and O–H groups in total. The molecule has 1 fully saturated rings. The second-order valence-corrected chi connectivity index (χ2v) is 5.22. The average Bonchev–Trinajstić information content (AvgIpc) is 2.87. The van der Waals surface area contributed by atoms with Gasteiger partial charge in [-0.2, -0.15) is 5.10 Å². The van der Waals surface area contributed by atoms with Gasteiger partial charge in [0.2, 0.25) is 0 Å². The number of aromatic nitrogens is 3. The van der Waals surface area contributed by atoms with Crippen molar-refractivity contribution in [2.45, 2.75) is 45.1 Å². The van der Waals surface area contributed by atoms with Gasteiger partial charge in [0, 0.05) is 18.3 Å². The molecule has 18 heavy (non-hydrogen) atoms. The summed E-state index contributed by atoms with van der Waals surface area (Å²) in [4.78, 5) is 4.56. The molecule has 3 rings (SSSR count). The van der Waals surface area contributed by atoms with Crippen LogP contribution in [-0.4, -0.2) is 20.6 Å². The minimum absolute atomic E-state index is 0.589. The van der Waals surface area contributed by atoms with Gasteiger partial charge >= 0.3 is 0 Å². The quantitative estimate of drug-likeness (QED) is 0.902. The molecule has 1 aliphatic carbocycles. The zero-order chi connectivity index (χ0) is 12.4. The number of hydrogen-bond donors (Lipinski definition) is 1. The Morgan fingerprint density at radius 1 is 1.28 bits per heavy atom. The first-order valence-electron chi connectivity index (χ1n) is 6.92. The third kappa shape index (κ3) is 2.33. The van der Waals surface area contributed by atoms with Crippen molar-refractivity contribution >= 4 is 11.5 Å². The van der Waals surface area contributed by atoms with Gasteiger partial charge in [-0.1, -0.05) is 13.3 Å². The smallest absolute Gasteiger partial charge is 0.157 e. The minimum atomic E-state index is 0.589. The largest absolute Gasteiger partial charge is 0.367 e. The summed E-state index contributed by atoms with van der Waals surface area (Å²) in [5.74, 6) is 1.91. The highest BCUT2D eigenvalue weighted by Gasteiger charge is 2.19. The molecular formula is C14H20N4. The van der Waals surface area contributed by atoms with E-state index in [1.54, 1.807) is 10.7 Å². The van der Waals surface area contributed by atoms with E-state index in [4.69, 9.17) is 0 Å². The van der Waals surface area contributed by atoms with Crippen molar-refractivity contribution in [2.24, 2.45) is 5.92 Å². The molecule has 4 heteroatoms. The van der Waals surface area contributed by atoms with E-state index in [0.717, 1.165) is 17.4 Å². The number of nitrogens with zero attached hydrogens (tertiary/aromatic N) is 3. The zero-order valence-corrected chi connectivity index (χ0v) is 10.8. The van der Waals surface area contributed by atoms with Crippen molar-refractivity contribution in [3.05, 3.63) is 24.5 Å². The maximum Gasteiger partial charge on any atom is 0.157 e. The zero-order valence-electron chi connectivity index (χ0n) is 10.8. The van der Waals surface area contributed by atoms with Crippen molar-refractivity contribution < 1.29 is 0 Å². The Hall–Kier alpha value is -1.58. The summed E-state index contributed by atoms with van der Waals surface area (Å²) in [5.41, 5.74) is 0.905. The lowest BCUT2D eigenvalue weighted by Gasteiger charge is -2.28. The topological polar surface area (TPSA) is 42.2 Å². The number of rotatable bonds is 3. The van der Waals surface area contributed by atoms with E-state index in [1.165, 1.54) is 32.1 Å². The van der Waals surface area contributed by atoms with Crippen LogP contribution in [0.2, 0.25) is 0 Å². The van der Waals surface area contributed by atoms with Crippen molar-refractivity contribution in [3.8, 4) is 0 Å². The summed E-state index contributed by atoms with van der Waals surface area (Å²) in [6.45, 7) is 2.30. The van der Waals surface area contributed by atoms with Crippen LogP contribution in [-0.2, 0) is 0 Å². The number of anilines is 1.